The Balaban J connectivity index is 2.13. The lowest BCUT2D eigenvalue weighted by atomic mass is 10.0. The second-order valence-electron chi connectivity index (χ2n) is 4.72. The van der Waals surface area contributed by atoms with Crippen LogP contribution < -0.4 is 5.73 Å². The zero-order valence-electron chi connectivity index (χ0n) is 11.4. The minimum Gasteiger partial charge on any atom is -0.457 e. The van der Waals surface area contributed by atoms with Crippen molar-refractivity contribution in [2.45, 2.75) is 20.5 Å². The molecule has 0 amide bonds. The van der Waals surface area contributed by atoms with E-state index in [2.05, 4.69) is 0 Å². The zero-order valence-corrected chi connectivity index (χ0v) is 11.4. The maximum Gasteiger partial charge on any atom is 0.338 e. The molecule has 0 saturated heterocycles. The van der Waals surface area contributed by atoms with Gasteiger partial charge in [0, 0.05) is 5.69 Å². The monoisotopic (exact) mass is 273 g/mol. The summed E-state index contributed by atoms with van der Waals surface area (Å²) in [5, 5.41) is 0. The number of carbonyl (C=O) groups is 1. The van der Waals surface area contributed by atoms with Gasteiger partial charge in [0.1, 0.15) is 12.4 Å². The molecule has 0 aliphatic rings. The molecule has 3 nitrogen and oxygen atoms in total. The van der Waals surface area contributed by atoms with E-state index in [1.54, 1.807) is 0 Å². The molecule has 0 saturated carbocycles. The second kappa shape index (κ2) is 5.74. The van der Waals surface area contributed by atoms with E-state index >= 15 is 0 Å². The fraction of sp³-hybridized carbons (Fsp3) is 0.188. The highest BCUT2D eigenvalue weighted by molar-refractivity contribution is 5.90. The predicted octanol–water partition coefficient (Wildman–Crippen LogP) is 3.38. The number of benzene rings is 2. The molecule has 0 heterocycles. The third-order valence-corrected chi connectivity index (χ3v) is 3.15. The maximum atomic E-state index is 13.2. The number of rotatable bonds is 3. The van der Waals surface area contributed by atoms with E-state index in [1.165, 1.54) is 6.07 Å². The fourth-order valence-electron chi connectivity index (χ4n) is 2.03. The van der Waals surface area contributed by atoms with E-state index in [0.717, 1.165) is 28.8 Å². The average Bonchev–Trinajstić information content (AvgIpc) is 2.36. The Morgan fingerprint density at radius 3 is 2.45 bits per heavy atom. The molecule has 0 fully saturated rings. The van der Waals surface area contributed by atoms with Crippen molar-refractivity contribution in [3.8, 4) is 0 Å². The Hall–Kier alpha value is -2.36. The topological polar surface area (TPSA) is 52.3 Å². The Morgan fingerprint density at radius 2 is 1.85 bits per heavy atom. The van der Waals surface area contributed by atoms with Gasteiger partial charge in [-0.2, -0.15) is 0 Å². The molecule has 0 bridgehead atoms. The number of carbonyl (C=O) groups excluding carboxylic acids is 1. The van der Waals surface area contributed by atoms with Crippen molar-refractivity contribution >= 4 is 11.7 Å². The molecular formula is C16H16FNO2. The summed E-state index contributed by atoms with van der Waals surface area (Å²) >= 11 is 0. The Kier molecular flexibility index (Phi) is 4.03. The number of nitrogen functional groups attached to an aromatic ring is 1. The summed E-state index contributed by atoms with van der Waals surface area (Å²) in [4.78, 5) is 11.9. The van der Waals surface area contributed by atoms with Crippen LogP contribution in [-0.2, 0) is 11.3 Å². The highest BCUT2D eigenvalue weighted by atomic mass is 19.1. The minimum atomic E-state index is -0.584. The van der Waals surface area contributed by atoms with Gasteiger partial charge in [-0.1, -0.05) is 18.2 Å². The Bertz CT molecular complexity index is 612. The minimum absolute atomic E-state index is 0.119. The van der Waals surface area contributed by atoms with Crippen LogP contribution in [0.3, 0.4) is 0 Å². The summed E-state index contributed by atoms with van der Waals surface area (Å²) in [6, 6.07) is 9.53. The number of ether oxygens (including phenoxy) is 1. The van der Waals surface area contributed by atoms with Crippen LogP contribution in [0.2, 0.25) is 0 Å². The van der Waals surface area contributed by atoms with Crippen molar-refractivity contribution in [2.24, 2.45) is 0 Å². The van der Waals surface area contributed by atoms with E-state index < -0.39 is 11.8 Å². The summed E-state index contributed by atoms with van der Waals surface area (Å²) < 4.78 is 18.4. The number of hydrogen-bond donors (Lipinski definition) is 1. The first-order chi connectivity index (χ1) is 9.47. The molecule has 4 heteroatoms. The van der Waals surface area contributed by atoms with Crippen LogP contribution in [0.25, 0.3) is 0 Å². The van der Waals surface area contributed by atoms with E-state index in [4.69, 9.17) is 10.5 Å². The van der Waals surface area contributed by atoms with Crippen LogP contribution in [0.4, 0.5) is 10.1 Å². The Labute approximate surface area is 117 Å². The number of aryl methyl sites for hydroxylation is 2. The highest BCUT2D eigenvalue weighted by Crippen LogP contribution is 2.16. The molecule has 2 aromatic carbocycles. The smallest absolute Gasteiger partial charge is 0.338 e. The molecule has 2 N–H and O–H groups in total. The number of halogens is 1. The maximum absolute atomic E-state index is 13.2. The summed E-state index contributed by atoms with van der Waals surface area (Å²) in [6.45, 7) is 4.07. The first-order valence-electron chi connectivity index (χ1n) is 6.25. The van der Waals surface area contributed by atoms with Crippen molar-refractivity contribution in [1.29, 1.82) is 0 Å². The molecule has 0 aromatic heterocycles. The second-order valence-corrected chi connectivity index (χ2v) is 4.72. The normalized spacial score (nSPS) is 10.3. The molecule has 0 unspecified atom stereocenters. The summed E-state index contributed by atoms with van der Waals surface area (Å²) in [5.41, 5.74) is 8.89. The lowest BCUT2D eigenvalue weighted by molar-refractivity contribution is 0.0471. The van der Waals surface area contributed by atoms with Gasteiger partial charge >= 0.3 is 5.97 Å². The molecule has 104 valence electrons. The van der Waals surface area contributed by atoms with Crippen molar-refractivity contribution in [1.82, 2.24) is 0 Å². The quantitative estimate of drug-likeness (QED) is 0.689. The summed E-state index contributed by atoms with van der Waals surface area (Å²) in [6.07, 6.45) is 0. The van der Waals surface area contributed by atoms with Crippen LogP contribution in [-0.4, -0.2) is 5.97 Å². The van der Waals surface area contributed by atoms with E-state index in [0.29, 0.717) is 0 Å². The van der Waals surface area contributed by atoms with Crippen molar-refractivity contribution in [3.05, 3.63) is 64.5 Å². The molecule has 0 aliphatic carbocycles. The average molecular weight is 273 g/mol. The van der Waals surface area contributed by atoms with E-state index in [-0.39, 0.29) is 17.9 Å². The molecule has 0 spiro atoms. The number of hydrogen-bond acceptors (Lipinski definition) is 3. The van der Waals surface area contributed by atoms with Crippen LogP contribution in [0.5, 0.6) is 0 Å². The fourth-order valence-corrected chi connectivity index (χ4v) is 2.03. The van der Waals surface area contributed by atoms with Crippen LogP contribution >= 0.6 is 0 Å². The summed E-state index contributed by atoms with van der Waals surface area (Å²) in [7, 11) is 0. The molecule has 2 aromatic rings. The molecular weight excluding hydrogens is 257 g/mol. The molecule has 20 heavy (non-hydrogen) atoms. The first-order valence-corrected chi connectivity index (χ1v) is 6.25. The number of nitrogens with two attached hydrogens (primary N) is 1. The number of anilines is 1. The van der Waals surface area contributed by atoms with Gasteiger partial charge in [0.2, 0.25) is 0 Å². The zero-order chi connectivity index (χ0) is 14.7. The largest absolute Gasteiger partial charge is 0.457 e. The van der Waals surface area contributed by atoms with Gasteiger partial charge in [0.15, 0.2) is 0 Å². The van der Waals surface area contributed by atoms with Gasteiger partial charge in [-0.15, -0.1) is 0 Å². The van der Waals surface area contributed by atoms with Gasteiger partial charge in [0.05, 0.1) is 5.56 Å². The predicted molar refractivity (Wildman–Crippen MR) is 75.8 cm³/mol. The number of esters is 1. The molecule has 0 aliphatic heterocycles. The third kappa shape index (κ3) is 3.15. The lowest BCUT2D eigenvalue weighted by Gasteiger charge is -2.10. The van der Waals surface area contributed by atoms with E-state index in [9.17, 15) is 9.18 Å². The van der Waals surface area contributed by atoms with Gasteiger partial charge < -0.3 is 10.5 Å². The lowest BCUT2D eigenvalue weighted by Crippen LogP contribution is -2.08. The molecule has 0 atom stereocenters. The first kappa shape index (κ1) is 14.1. The summed E-state index contributed by atoms with van der Waals surface area (Å²) in [5.74, 6) is -1.14. The van der Waals surface area contributed by atoms with Crippen molar-refractivity contribution < 1.29 is 13.9 Å². The Morgan fingerprint density at radius 1 is 1.20 bits per heavy atom. The van der Waals surface area contributed by atoms with Crippen molar-refractivity contribution in [3.63, 3.8) is 0 Å². The molecule has 2 rings (SSSR count). The highest BCUT2D eigenvalue weighted by Gasteiger charge is 2.11. The van der Waals surface area contributed by atoms with E-state index in [1.807, 2.05) is 32.0 Å². The SMILES string of the molecule is Cc1cccc(C)c1COC(=O)c1cc(N)cc(F)c1. The van der Waals surface area contributed by atoms with Gasteiger partial charge in [-0.05, 0) is 48.7 Å². The van der Waals surface area contributed by atoms with Crippen molar-refractivity contribution in [2.75, 3.05) is 5.73 Å². The van der Waals surface area contributed by atoms with Gasteiger partial charge in [0.25, 0.3) is 0 Å². The standard InChI is InChI=1S/C16H16FNO2/c1-10-4-3-5-11(2)15(10)9-20-16(19)12-6-13(17)8-14(18)7-12/h3-8H,9,18H2,1-2H3. The molecule has 0 radical (unpaired) electrons. The van der Waals surface area contributed by atoms with Gasteiger partial charge in [-0.25, -0.2) is 9.18 Å². The van der Waals surface area contributed by atoms with Crippen LogP contribution in [0.1, 0.15) is 27.0 Å². The van der Waals surface area contributed by atoms with Crippen LogP contribution in [0, 0.1) is 19.7 Å². The third-order valence-electron chi connectivity index (χ3n) is 3.15. The van der Waals surface area contributed by atoms with Gasteiger partial charge in [-0.3, -0.25) is 0 Å². The van der Waals surface area contributed by atoms with Crippen LogP contribution in [0.15, 0.2) is 36.4 Å².